The fraction of sp³-hybridized carbons (Fsp3) is 0.164. The monoisotopic (exact) mass is 981 g/mol. The van der Waals surface area contributed by atoms with Gasteiger partial charge in [-0.2, -0.15) is 13.2 Å². The van der Waals surface area contributed by atoms with Crippen molar-refractivity contribution in [2.75, 3.05) is 0 Å². The molecule has 3 amide bonds. The highest BCUT2D eigenvalue weighted by Gasteiger charge is 2.30. The van der Waals surface area contributed by atoms with Crippen molar-refractivity contribution in [3.05, 3.63) is 255 Å². The predicted octanol–water partition coefficient (Wildman–Crippen LogP) is 12.0. The van der Waals surface area contributed by atoms with E-state index < -0.39 is 47.2 Å². The third-order valence-corrected chi connectivity index (χ3v) is 11.6. The molecule has 1 aliphatic carbocycles. The zero-order chi connectivity index (χ0) is 52.0. The molecule has 3 unspecified atom stereocenters. The second kappa shape index (κ2) is 27.2. The lowest BCUT2D eigenvalue weighted by Gasteiger charge is -2.16. The lowest BCUT2D eigenvalue weighted by Crippen LogP contribution is -2.27. The van der Waals surface area contributed by atoms with Crippen LogP contribution in [0.5, 0.6) is 0 Å². The number of halogens is 3. The molecule has 9 nitrogen and oxygen atoms in total. The van der Waals surface area contributed by atoms with Crippen LogP contribution in [0.25, 0.3) is 6.08 Å². The van der Waals surface area contributed by atoms with Gasteiger partial charge in [0.15, 0.2) is 0 Å². The van der Waals surface area contributed by atoms with Gasteiger partial charge in [-0.1, -0.05) is 195 Å². The third-order valence-electron chi connectivity index (χ3n) is 11.6. The molecule has 0 aromatic heterocycles. The maximum absolute atomic E-state index is 12.8. The smallest absolute Gasteiger partial charge is 0.289 e. The summed E-state index contributed by atoms with van der Waals surface area (Å²) in [4.78, 5) is 36.3. The summed E-state index contributed by atoms with van der Waals surface area (Å²) < 4.78 is 38.5. The van der Waals surface area contributed by atoms with Crippen molar-refractivity contribution in [1.82, 2.24) is 16.4 Å². The van der Waals surface area contributed by atoms with Crippen molar-refractivity contribution in [3.8, 4) is 23.7 Å². The van der Waals surface area contributed by atoms with Crippen molar-refractivity contribution in [3.63, 3.8) is 0 Å². The quantitative estimate of drug-likeness (QED) is 0.0408. The molecule has 0 heterocycles. The van der Waals surface area contributed by atoms with Crippen LogP contribution in [0.4, 0.5) is 13.2 Å². The molecule has 7 aromatic carbocycles. The van der Waals surface area contributed by atoms with Crippen LogP contribution in [-0.4, -0.2) is 33.3 Å². The number of rotatable bonds is 12. The van der Waals surface area contributed by atoms with Gasteiger partial charge in [-0.3, -0.25) is 30.0 Å². The molecule has 7 aromatic rings. The summed E-state index contributed by atoms with van der Waals surface area (Å²) in [6.07, 6.45) is 4.39. The van der Waals surface area contributed by atoms with E-state index in [1.165, 1.54) is 25.0 Å². The van der Waals surface area contributed by atoms with Crippen molar-refractivity contribution < 1.29 is 43.2 Å². The minimum absolute atomic E-state index is 0.234. The molecule has 1 saturated carbocycles. The highest BCUT2D eigenvalue weighted by atomic mass is 19.4. The SMILES string of the molecule is CCC/C=C/c1ccc(C(C(=O)NO)c2ccccc2)cc1.O=C(NO)C(c1ccccc1)c1ccc(C#CC2CC2)cc1.O=C(NO)C(c1ccccc1)c1cccc(C#Cc2cccc(C(F)(F)F)c2)c1. The Morgan fingerprint density at radius 1 is 0.521 bits per heavy atom. The van der Waals surface area contributed by atoms with Crippen molar-refractivity contribution in [1.29, 1.82) is 0 Å². The van der Waals surface area contributed by atoms with Gasteiger partial charge in [0.1, 0.15) is 0 Å². The zero-order valence-corrected chi connectivity index (χ0v) is 39.9. The van der Waals surface area contributed by atoms with Crippen LogP contribution in [0.2, 0.25) is 0 Å². The number of amides is 3. The van der Waals surface area contributed by atoms with Gasteiger partial charge in [0.2, 0.25) is 0 Å². The molecule has 0 saturated heterocycles. The standard InChI is InChI=1S/C23H16F3NO2.C19H17NO2.C19H21NO2/c24-23(25,26)20-11-5-7-17(15-20)13-12-16-6-4-10-19(14-16)21(22(28)27-29)18-8-2-1-3-9-18;21-19(20-22)18(16-4-2-1-3-5-16)17-12-10-15(11-13-17)9-8-14-6-7-14;1-2-3-5-8-15-11-13-17(14-12-15)18(19(21)20-22)16-9-6-4-7-10-16/h1-11,14-15,21,29H,(H,27,28);1-5,10-14,18,22H,6-7H2,(H,20,21);4-14,18,22H,2-3H2,1H3,(H,20,21)/b;;8-5+. The topological polar surface area (TPSA) is 148 Å². The third kappa shape index (κ3) is 16.3. The summed E-state index contributed by atoms with van der Waals surface area (Å²) >= 11 is 0. The number of nitrogens with one attached hydrogen (secondary N) is 3. The van der Waals surface area contributed by atoms with Crippen molar-refractivity contribution >= 4 is 23.8 Å². The molecule has 370 valence electrons. The molecule has 8 rings (SSSR count). The van der Waals surface area contributed by atoms with Gasteiger partial charge in [0, 0.05) is 22.6 Å². The molecule has 1 aliphatic rings. The number of benzene rings is 7. The van der Waals surface area contributed by atoms with E-state index in [0.717, 1.165) is 58.4 Å². The first-order valence-corrected chi connectivity index (χ1v) is 23.6. The number of unbranched alkanes of at least 4 members (excludes halogenated alkanes) is 1. The van der Waals surface area contributed by atoms with E-state index in [0.29, 0.717) is 22.6 Å². The molecule has 1 fully saturated rings. The molecular weight excluding hydrogens is 928 g/mol. The number of hydroxylamine groups is 3. The molecular formula is C61H54F3N3O6. The van der Waals surface area contributed by atoms with Crippen LogP contribution in [0, 0.1) is 29.6 Å². The van der Waals surface area contributed by atoms with Gasteiger partial charge in [-0.25, -0.2) is 16.4 Å². The van der Waals surface area contributed by atoms with Gasteiger partial charge >= 0.3 is 6.18 Å². The van der Waals surface area contributed by atoms with Crippen LogP contribution in [0.15, 0.2) is 194 Å². The Labute approximate surface area is 423 Å². The maximum Gasteiger partial charge on any atom is 0.416 e. The van der Waals surface area contributed by atoms with E-state index in [1.807, 2.05) is 115 Å². The van der Waals surface area contributed by atoms with Gasteiger partial charge < -0.3 is 0 Å². The number of hydrogen-bond acceptors (Lipinski definition) is 6. The Morgan fingerprint density at radius 2 is 0.932 bits per heavy atom. The maximum atomic E-state index is 12.8. The van der Waals surface area contributed by atoms with Gasteiger partial charge in [-0.05, 0) is 101 Å². The van der Waals surface area contributed by atoms with Crippen molar-refractivity contribution in [2.24, 2.45) is 5.92 Å². The normalized spacial score (nSPS) is 12.8. The highest BCUT2D eigenvalue weighted by Crippen LogP contribution is 2.31. The van der Waals surface area contributed by atoms with E-state index >= 15 is 0 Å². The van der Waals surface area contributed by atoms with Gasteiger partial charge in [0.05, 0.1) is 23.3 Å². The number of carbonyl (C=O) groups is 3. The molecule has 12 heteroatoms. The second-order valence-corrected chi connectivity index (χ2v) is 16.9. The lowest BCUT2D eigenvalue weighted by molar-refractivity contribution is -0.137. The Kier molecular flexibility index (Phi) is 20.0. The first kappa shape index (κ1) is 53.8. The Morgan fingerprint density at radius 3 is 1.37 bits per heavy atom. The summed E-state index contributed by atoms with van der Waals surface area (Å²) in [5, 5.41) is 27.1. The number of carbonyl (C=O) groups excluding carboxylic acids is 3. The van der Waals surface area contributed by atoms with Crippen LogP contribution >= 0.6 is 0 Å². The molecule has 0 spiro atoms. The summed E-state index contributed by atoms with van der Waals surface area (Å²) in [7, 11) is 0. The Balaban J connectivity index is 0.000000181. The van der Waals surface area contributed by atoms with Crippen molar-refractivity contribution in [2.45, 2.75) is 56.5 Å². The molecule has 0 bridgehead atoms. The average molecular weight is 982 g/mol. The molecule has 0 aliphatic heterocycles. The summed E-state index contributed by atoms with van der Waals surface area (Å²) in [6.45, 7) is 2.14. The van der Waals surface area contributed by atoms with E-state index in [9.17, 15) is 27.6 Å². The fourth-order valence-corrected chi connectivity index (χ4v) is 7.69. The summed E-state index contributed by atoms with van der Waals surface area (Å²) in [5.41, 5.74) is 11.9. The average Bonchev–Trinajstić information content (AvgIpc) is 4.27. The molecule has 3 atom stereocenters. The first-order valence-electron chi connectivity index (χ1n) is 23.6. The number of alkyl halides is 3. The number of hydrogen-bond donors (Lipinski definition) is 6. The fourth-order valence-electron chi connectivity index (χ4n) is 7.69. The Bertz CT molecular complexity index is 3050. The van der Waals surface area contributed by atoms with Gasteiger partial charge in [-0.15, -0.1) is 0 Å². The number of allylic oxidation sites excluding steroid dienone is 1. The van der Waals surface area contributed by atoms with Crippen LogP contribution in [0.1, 0.15) is 112 Å². The minimum Gasteiger partial charge on any atom is -0.289 e. The van der Waals surface area contributed by atoms with E-state index in [2.05, 4.69) is 42.8 Å². The molecule has 6 N–H and O–H groups in total. The van der Waals surface area contributed by atoms with Crippen LogP contribution < -0.4 is 16.4 Å². The highest BCUT2D eigenvalue weighted by molar-refractivity contribution is 5.87. The first-order chi connectivity index (χ1) is 35.4. The second-order valence-electron chi connectivity index (χ2n) is 16.9. The Hall–Kier alpha value is -8.52. The van der Waals surface area contributed by atoms with Gasteiger partial charge in [0.25, 0.3) is 17.7 Å². The van der Waals surface area contributed by atoms with Crippen LogP contribution in [-0.2, 0) is 20.6 Å². The summed E-state index contributed by atoms with van der Waals surface area (Å²) in [6, 6.07) is 54.8. The van der Waals surface area contributed by atoms with Crippen LogP contribution in [0.3, 0.4) is 0 Å². The summed E-state index contributed by atoms with van der Waals surface area (Å²) in [5.74, 6) is 9.23. The zero-order valence-electron chi connectivity index (χ0n) is 39.9. The van der Waals surface area contributed by atoms with E-state index in [1.54, 1.807) is 65.0 Å². The minimum atomic E-state index is -4.43. The predicted molar refractivity (Wildman–Crippen MR) is 275 cm³/mol. The largest absolute Gasteiger partial charge is 0.416 e. The molecule has 0 radical (unpaired) electrons. The lowest BCUT2D eigenvalue weighted by atomic mass is 9.90. The molecule has 73 heavy (non-hydrogen) atoms. The van der Waals surface area contributed by atoms with E-state index in [4.69, 9.17) is 15.6 Å². The van der Waals surface area contributed by atoms with E-state index in [-0.39, 0.29) is 5.56 Å².